The van der Waals surface area contributed by atoms with E-state index in [1.165, 1.54) is 5.56 Å². The van der Waals surface area contributed by atoms with Gasteiger partial charge in [-0.15, -0.1) is 0 Å². The van der Waals surface area contributed by atoms with E-state index in [0.29, 0.717) is 19.0 Å². The largest absolute Gasteiger partial charge is 0.326 e. The molecule has 3 unspecified atom stereocenters. The Morgan fingerprint density at radius 2 is 1.64 bits per heavy atom. The predicted molar refractivity (Wildman–Crippen MR) is 132 cm³/mol. The molecule has 1 amide bonds. The summed E-state index contributed by atoms with van der Waals surface area (Å²) in [6, 6.07) is 15.8. The predicted octanol–water partition coefficient (Wildman–Crippen LogP) is 4.41. The van der Waals surface area contributed by atoms with Crippen molar-refractivity contribution in [3.05, 3.63) is 65.2 Å². The molecule has 0 aliphatic carbocycles. The van der Waals surface area contributed by atoms with E-state index in [1.54, 1.807) is 0 Å². The van der Waals surface area contributed by atoms with E-state index >= 15 is 0 Å². The molecule has 0 aromatic heterocycles. The number of sulfonamides is 1. The van der Waals surface area contributed by atoms with Gasteiger partial charge in [-0.05, 0) is 48.9 Å². The molecule has 0 radical (unpaired) electrons. The zero-order chi connectivity index (χ0) is 23.8. The summed E-state index contributed by atoms with van der Waals surface area (Å²) >= 11 is 0. The van der Waals surface area contributed by atoms with Crippen LogP contribution in [0.2, 0.25) is 0 Å². The molecular formula is C26H35N3O3S. The molecule has 2 aromatic carbocycles. The Kier molecular flexibility index (Phi) is 6.93. The average molecular weight is 470 g/mol. The van der Waals surface area contributed by atoms with Crippen molar-refractivity contribution < 1.29 is 13.2 Å². The van der Waals surface area contributed by atoms with Crippen molar-refractivity contribution in [2.24, 2.45) is 11.8 Å². The minimum absolute atomic E-state index is 0.0432. The first-order valence-electron chi connectivity index (χ1n) is 11.9. The topological polar surface area (TPSA) is 78.5 Å². The quantitative estimate of drug-likeness (QED) is 0.680. The van der Waals surface area contributed by atoms with Gasteiger partial charge in [-0.2, -0.15) is 4.72 Å². The first-order valence-corrected chi connectivity index (χ1v) is 13.4. The maximum absolute atomic E-state index is 13.0. The molecule has 0 bridgehead atoms. The molecule has 2 N–H and O–H groups in total. The summed E-state index contributed by atoms with van der Waals surface area (Å²) in [6.07, 6.45) is 1.19. The molecule has 2 aliphatic rings. The molecule has 0 spiro atoms. The second-order valence-electron chi connectivity index (χ2n) is 9.87. The number of nitrogens with zero attached hydrogens (tertiary/aromatic N) is 1. The Morgan fingerprint density at radius 1 is 1.03 bits per heavy atom. The Balaban J connectivity index is 1.39. The lowest BCUT2D eigenvalue weighted by molar-refractivity contribution is -0.121. The van der Waals surface area contributed by atoms with E-state index in [2.05, 4.69) is 28.8 Å². The second-order valence-corrected chi connectivity index (χ2v) is 11.7. The maximum atomic E-state index is 13.0. The van der Waals surface area contributed by atoms with Crippen LogP contribution in [-0.4, -0.2) is 38.5 Å². The highest BCUT2D eigenvalue weighted by molar-refractivity contribution is 7.90. The summed E-state index contributed by atoms with van der Waals surface area (Å²) in [5, 5.41) is 2.45. The number of hydrogen-bond acceptors (Lipinski definition) is 4. The Morgan fingerprint density at radius 3 is 2.21 bits per heavy atom. The molecule has 3 atom stereocenters. The molecule has 2 saturated heterocycles. The Hall–Kier alpha value is -2.22. The maximum Gasteiger partial charge on any atom is 0.227 e. The van der Waals surface area contributed by atoms with Crippen molar-refractivity contribution in [3.63, 3.8) is 0 Å². The van der Waals surface area contributed by atoms with Crippen LogP contribution < -0.4 is 10.0 Å². The molecule has 7 heteroatoms. The number of amides is 1. The molecular weight excluding hydrogens is 434 g/mol. The summed E-state index contributed by atoms with van der Waals surface area (Å²) < 4.78 is 29.0. The molecule has 178 valence electrons. The van der Waals surface area contributed by atoms with Crippen LogP contribution in [0.3, 0.4) is 0 Å². The zero-order valence-corrected chi connectivity index (χ0v) is 20.7. The number of rotatable bonds is 5. The van der Waals surface area contributed by atoms with E-state index in [0.717, 1.165) is 29.7 Å². The molecule has 4 rings (SSSR count). The van der Waals surface area contributed by atoms with E-state index in [4.69, 9.17) is 0 Å². The number of carbonyl (C=O) groups is 1. The van der Waals surface area contributed by atoms with Gasteiger partial charge in [-0.25, -0.2) is 8.42 Å². The number of piperidine rings is 1. The van der Waals surface area contributed by atoms with Crippen LogP contribution in [0.4, 0.5) is 5.69 Å². The van der Waals surface area contributed by atoms with Crippen molar-refractivity contribution in [3.8, 4) is 0 Å². The third kappa shape index (κ3) is 5.15. The molecule has 2 aliphatic heterocycles. The molecule has 2 aromatic rings. The van der Waals surface area contributed by atoms with E-state index < -0.39 is 15.3 Å². The number of carbonyl (C=O) groups excluding carboxylic acids is 1. The van der Waals surface area contributed by atoms with Crippen LogP contribution in [-0.2, 0) is 14.8 Å². The highest BCUT2D eigenvalue weighted by atomic mass is 32.2. The summed E-state index contributed by atoms with van der Waals surface area (Å²) in [6.45, 7) is 9.69. The van der Waals surface area contributed by atoms with Gasteiger partial charge in [-0.1, -0.05) is 62.7 Å². The van der Waals surface area contributed by atoms with Gasteiger partial charge in [0.15, 0.2) is 0 Å². The zero-order valence-electron chi connectivity index (χ0n) is 19.9. The monoisotopic (exact) mass is 469 g/mol. The highest BCUT2D eigenvalue weighted by Crippen LogP contribution is 2.40. The van der Waals surface area contributed by atoms with E-state index in [9.17, 15) is 13.2 Å². The third-order valence-corrected chi connectivity index (χ3v) is 9.08. The van der Waals surface area contributed by atoms with Gasteiger partial charge >= 0.3 is 0 Å². The first kappa shape index (κ1) is 23.9. The van der Waals surface area contributed by atoms with Gasteiger partial charge in [-0.3, -0.25) is 9.69 Å². The van der Waals surface area contributed by atoms with Gasteiger partial charge in [0.25, 0.3) is 0 Å². The lowest BCUT2D eigenvalue weighted by atomic mass is 9.91. The number of benzene rings is 2. The van der Waals surface area contributed by atoms with Gasteiger partial charge < -0.3 is 5.32 Å². The minimum Gasteiger partial charge on any atom is -0.326 e. The number of nitrogens with one attached hydrogen (secondary N) is 2. The summed E-state index contributed by atoms with van der Waals surface area (Å²) in [5.74, 6) is 0.307. The lowest BCUT2D eigenvalue weighted by Gasteiger charge is -2.36. The fourth-order valence-corrected chi connectivity index (χ4v) is 7.15. The molecule has 2 heterocycles. The smallest absolute Gasteiger partial charge is 0.227 e. The van der Waals surface area contributed by atoms with Crippen molar-refractivity contribution in [1.29, 1.82) is 0 Å². The fraction of sp³-hybridized carbons (Fsp3) is 0.500. The van der Waals surface area contributed by atoms with Gasteiger partial charge in [0.2, 0.25) is 15.9 Å². The summed E-state index contributed by atoms with van der Waals surface area (Å²) in [5.41, 5.74) is 4.02. The Labute approximate surface area is 197 Å². The van der Waals surface area contributed by atoms with Crippen molar-refractivity contribution in [2.45, 2.75) is 57.9 Å². The van der Waals surface area contributed by atoms with Crippen molar-refractivity contribution in [2.75, 3.05) is 18.4 Å². The fourth-order valence-electron chi connectivity index (χ4n) is 5.08. The first-order chi connectivity index (χ1) is 15.7. The number of likely N-dealkylation sites (tertiary alicyclic amines) is 1. The van der Waals surface area contributed by atoms with Gasteiger partial charge in [0.05, 0.1) is 6.17 Å². The van der Waals surface area contributed by atoms with Crippen LogP contribution in [0.1, 0.15) is 61.5 Å². The van der Waals surface area contributed by atoms with Crippen LogP contribution in [0.5, 0.6) is 0 Å². The SMILES string of the molecule is Cc1ccc(NC(=O)C2CCN(C3NS(=O)(=O)C(c4ccc(C(C)C)cc4)C3C)CC2)cc1. The Bertz CT molecular complexity index is 1070. The molecule has 0 saturated carbocycles. The number of aryl methyl sites for hydroxylation is 1. The normalized spacial score (nSPS) is 25.9. The standard InChI is InChI=1S/C26H35N3O3S/c1-17(2)20-7-9-21(10-8-20)24-19(4)25(28-33(24,31)32)29-15-13-22(14-16-29)26(30)27-23-11-5-18(3)6-12-23/h5-12,17,19,22,24-25,28H,13-16H2,1-4H3,(H,27,30). The lowest BCUT2D eigenvalue weighted by Crippen LogP contribution is -2.50. The number of anilines is 1. The highest BCUT2D eigenvalue weighted by Gasteiger charge is 2.48. The second kappa shape index (κ2) is 9.57. The van der Waals surface area contributed by atoms with Gasteiger partial charge in [0, 0.05) is 30.6 Å². The third-order valence-electron chi connectivity index (χ3n) is 7.14. The minimum atomic E-state index is -3.47. The number of hydrogen-bond donors (Lipinski definition) is 2. The molecule has 33 heavy (non-hydrogen) atoms. The van der Waals surface area contributed by atoms with E-state index in [1.807, 2.05) is 62.4 Å². The van der Waals surface area contributed by atoms with E-state index in [-0.39, 0.29) is 23.9 Å². The molecule has 6 nitrogen and oxygen atoms in total. The van der Waals surface area contributed by atoms with Crippen LogP contribution in [0, 0.1) is 18.8 Å². The van der Waals surface area contributed by atoms with Crippen molar-refractivity contribution >= 4 is 21.6 Å². The summed E-state index contributed by atoms with van der Waals surface area (Å²) in [4.78, 5) is 14.9. The van der Waals surface area contributed by atoms with Crippen LogP contribution >= 0.6 is 0 Å². The van der Waals surface area contributed by atoms with Crippen LogP contribution in [0.15, 0.2) is 48.5 Å². The molecule has 2 fully saturated rings. The van der Waals surface area contributed by atoms with Crippen molar-refractivity contribution in [1.82, 2.24) is 9.62 Å². The average Bonchev–Trinajstić information content (AvgIpc) is 3.04. The van der Waals surface area contributed by atoms with Crippen LogP contribution in [0.25, 0.3) is 0 Å². The summed E-state index contributed by atoms with van der Waals surface area (Å²) in [7, 11) is -3.47. The van der Waals surface area contributed by atoms with Gasteiger partial charge in [0.1, 0.15) is 5.25 Å².